The first kappa shape index (κ1) is 20.1. The number of benzene rings is 2. The number of carbonyl (C=O) groups excluding carboxylic acids is 2. The van der Waals surface area contributed by atoms with Gasteiger partial charge in [-0.3, -0.25) is 4.79 Å². The third kappa shape index (κ3) is 3.82. The zero-order valence-corrected chi connectivity index (χ0v) is 16.8. The summed E-state index contributed by atoms with van der Waals surface area (Å²) in [7, 11) is 7.67. The van der Waals surface area contributed by atoms with E-state index < -0.39 is 6.09 Å². The van der Waals surface area contributed by atoms with Gasteiger partial charge in [0.2, 0.25) is 11.5 Å². The van der Waals surface area contributed by atoms with Gasteiger partial charge in [0.25, 0.3) is 0 Å². The van der Waals surface area contributed by atoms with Crippen LogP contribution in [0.2, 0.25) is 0 Å². The molecule has 0 atom stereocenters. The topological polar surface area (TPSA) is 83.5 Å². The van der Waals surface area contributed by atoms with E-state index in [0.29, 0.717) is 34.1 Å². The summed E-state index contributed by atoms with van der Waals surface area (Å²) in [6.45, 7) is 0. The van der Waals surface area contributed by atoms with E-state index in [1.807, 2.05) is 0 Å². The number of methoxy groups -OCH3 is 3. The van der Waals surface area contributed by atoms with Crippen LogP contribution in [0.5, 0.6) is 28.7 Å². The quantitative estimate of drug-likeness (QED) is 0.713. The number of allylic oxidation sites excluding steroid dienone is 1. The number of carbonyl (C=O) groups is 2. The largest absolute Gasteiger partial charge is 0.493 e. The Kier molecular flexibility index (Phi) is 5.63. The van der Waals surface area contributed by atoms with Crippen LogP contribution in [0.1, 0.15) is 15.9 Å². The van der Waals surface area contributed by atoms with E-state index in [4.69, 9.17) is 23.7 Å². The highest BCUT2D eigenvalue weighted by atomic mass is 16.6. The molecular weight excluding hydrogens is 378 g/mol. The van der Waals surface area contributed by atoms with Gasteiger partial charge >= 0.3 is 6.09 Å². The van der Waals surface area contributed by atoms with Gasteiger partial charge < -0.3 is 28.6 Å². The highest BCUT2D eigenvalue weighted by molar-refractivity contribution is 6.14. The minimum absolute atomic E-state index is 0.113. The number of hydrogen-bond acceptors (Lipinski definition) is 7. The summed E-state index contributed by atoms with van der Waals surface area (Å²) in [6.07, 6.45) is 1.04. The van der Waals surface area contributed by atoms with Crippen LogP contribution in [0.3, 0.4) is 0 Å². The molecular formula is C21H21NO7. The van der Waals surface area contributed by atoms with E-state index in [2.05, 4.69) is 0 Å². The zero-order valence-electron chi connectivity index (χ0n) is 16.8. The van der Waals surface area contributed by atoms with Crippen molar-refractivity contribution in [3.63, 3.8) is 0 Å². The molecule has 0 radical (unpaired) electrons. The van der Waals surface area contributed by atoms with E-state index >= 15 is 0 Å². The highest BCUT2D eigenvalue weighted by Crippen LogP contribution is 2.42. The van der Waals surface area contributed by atoms with Crippen molar-refractivity contribution in [3.05, 3.63) is 47.2 Å². The highest BCUT2D eigenvalue weighted by Gasteiger charge is 2.29. The number of Topliss-reactive ketones (excluding diaryl/α,β-unsaturated/α-hetero) is 1. The number of hydrogen-bond donors (Lipinski definition) is 0. The van der Waals surface area contributed by atoms with E-state index in [1.165, 1.54) is 32.3 Å². The summed E-state index contributed by atoms with van der Waals surface area (Å²) in [5.74, 6) is 1.73. The number of rotatable bonds is 5. The first-order valence-corrected chi connectivity index (χ1v) is 8.66. The lowest BCUT2D eigenvalue weighted by molar-refractivity contribution is 0.101. The SMILES string of the molecule is COc1ccc(/C=C2\Oc3cc(OC(=O)N(C)C)ccc3C2=O)c(OC)c1OC. The molecule has 0 aromatic heterocycles. The van der Waals surface area contributed by atoms with Crippen LogP contribution in [0.4, 0.5) is 4.79 Å². The van der Waals surface area contributed by atoms with Crippen molar-refractivity contribution in [2.24, 2.45) is 0 Å². The molecule has 1 amide bonds. The third-order valence-corrected chi connectivity index (χ3v) is 4.23. The summed E-state index contributed by atoms with van der Waals surface area (Å²) < 4.78 is 27.0. The molecule has 0 spiro atoms. The van der Waals surface area contributed by atoms with Crippen molar-refractivity contribution in [2.75, 3.05) is 35.4 Å². The number of nitrogens with zero attached hydrogens (tertiary/aromatic N) is 1. The van der Waals surface area contributed by atoms with Crippen molar-refractivity contribution in [3.8, 4) is 28.7 Å². The van der Waals surface area contributed by atoms with E-state index in [0.717, 1.165) is 0 Å². The first-order valence-electron chi connectivity index (χ1n) is 8.66. The molecule has 0 saturated carbocycles. The monoisotopic (exact) mass is 399 g/mol. The van der Waals surface area contributed by atoms with Crippen molar-refractivity contribution in [1.29, 1.82) is 0 Å². The Balaban J connectivity index is 1.94. The Morgan fingerprint density at radius 3 is 2.34 bits per heavy atom. The van der Waals surface area contributed by atoms with Crippen LogP contribution in [0, 0.1) is 0 Å². The average molecular weight is 399 g/mol. The van der Waals surface area contributed by atoms with Crippen LogP contribution in [0.25, 0.3) is 6.08 Å². The molecule has 2 aromatic carbocycles. The van der Waals surface area contributed by atoms with Crippen molar-refractivity contribution in [1.82, 2.24) is 4.90 Å². The van der Waals surface area contributed by atoms with Gasteiger partial charge in [0, 0.05) is 25.7 Å². The predicted octanol–water partition coefficient (Wildman–Crippen LogP) is 3.39. The Hall–Kier alpha value is -3.68. The summed E-state index contributed by atoms with van der Waals surface area (Å²) >= 11 is 0. The van der Waals surface area contributed by atoms with Crippen LogP contribution in [0.15, 0.2) is 36.1 Å². The molecule has 0 saturated heterocycles. The molecule has 0 bridgehead atoms. The number of ether oxygens (including phenoxy) is 5. The van der Waals surface area contributed by atoms with Gasteiger partial charge in [-0.25, -0.2) is 4.79 Å². The molecule has 29 heavy (non-hydrogen) atoms. The Morgan fingerprint density at radius 1 is 1.00 bits per heavy atom. The summed E-state index contributed by atoms with van der Waals surface area (Å²) in [4.78, 5) is 25.7. The van der Waals surface area contributed by atoms with Gasteiger partial charge in [0.05, 0.1) is 26.9 Å². The molecule has 0 N–H and O–H groups in total. The molecule has 1 heterocycles. The second kappa shape index (κ2) is 8.14. The van der Waals surface area contributed by atoms with Gasteiger partial charge in [0.1, 0.15) is 11.5 Å². The number of ketones is 1. The minimum atomic E-state index is -0.528. The molecule has 152 valence electrons. The lowest BCUT2D eigenvalue weighted by Gasteiger charge is -2.14. The molecule has 0 aliphatic carbocycles. The van der Waals surface area contributed by atoms with Crippen molar-refractivity contribution >= 4 is 18.0 Å². The maximum atomic E-state index is 12.7. The van der Waals surface area contributed by atoms with Crippen molar-refractivity contribution < 1.29 is 33.3 Å². The lowest BCUT2D eigenvalue weighted by Crippen LogP contribution is -2.25. The number of amides is 1. The average Bonchev–Trinajstić information content (AvgIpc) is 3.02. The van der Waals surface area contributed by atoms with Gasteiger partial charge in [-0.1, -0.05) is 0 Å². The molecule has 1 aliphatic rings. The molecule has 3 rings (SSSR count). The maximum Gasteiger partial charge on any atom is 0.414 e. The zero-order chi connectivity index (χ0) is 21.1. The summed E-state index contributed by atoms with van der Waals surface area (Å²) in [6, 6.07) is 8.04. The van der Waals surface area contributed by atoms with Crippen LogP contribution >= 0.6 is 0 Å². The second-order valence-corrected chi connectivity index (χ2v) is 6.28. The van der Waals surface area contributed by atoms with E-state index in [-0.39, 0.29) is 17.3 Å². The summed E-state index contributed by atoms with van der Waals surface area (Å²) in [5.41, 5.74) is 0.959. The number of fused-ring (bicyclic) bond motifs is 1. The molecule has 2 aromatic rings. The second-order valence-electron chi connectivity index (χ2n) is 6.28. The predicted molar refractivity (Wildman–Crippen MR) is 105 cm³/mol. The summed E-state index contributed by atoms with van der Waals surface area (Å²) in [5, 5.41) is 0. The first-order chi connectivity index (χ1) is 13.9. The molecule has 1 aliphatic heterocycles. The van der Waals surface area contributed by atoms with E-state index in [1.54, 1.807) is 44.4 Å². The van der Waals surface area contributed by atoms with Crippen LogP contribution in [-0.2, 0) is 0 Å². The Bertz CT molecular complexity index is 995. The van der Waals surface area contributed by atoms with Gasteiger partial charge in [-0.15, -0.1) is 0 Å². The molecule has 8 heteroatoms. The lowest BCUT2D eigenvalue weighted by atomic mass is 10.1. The third-order valence-electron chi connectivity index (χ3n) is 4.23. The molecule has 0 fully saturated rings. The molecule has 8 nitrogen and oxygen atoms in total. The normalized spacial score (nSPS) is 13.6. The van der Waals surface area contributed by atoms with E-state index in [9.17, 15) is 9.59 Å². The smallest absolute Gasteiger partial charge is 0.414 e. The van der Waals surface area contributed by atoms with Gasteiger partial charge in [-0.2, -0.15) is 0 Å². The van der Waals surface area contributed by atoms with Gasteiger partial charge in [0.15, 0.2) is 17.3 Å². The minimum Gasteiger partial charge on any atom is -0.493 e. The Labute approximate surface area is 168 Å². The fourth-order valence-corrected chi connectivity index (χ4v) is 2.80. The standard InChI is InChI=1S/C21H21NO7/c1-22(2)21(24)28-13-7-8-14-16(11-13)29-17(18(14)23)10-12-6-9-15(25-3)20(27-5)19(12)26-4/h6-11H,1-5H3/b17-10-. The Morgan fingerprint density at radius 2 is 1.72 bits per heavy atom. The fourth-order valence-electron chi connectivity index (χ4n) is 2.80. The van der Waals surface area contributed by atoms with Crippen LogP contribution in [-0.4, -0.2) is 52.2 Å². The van der Waals surface area contributed by atoms with Crippen molar-refractivity contribution in [2.45, 2.75) is 0 Å². The fraction of sp³-hybridized carbons (Fsp3) is 0.238. The van der Waals surface area contributed by atoms with Gasteiger partial charge in [-0.05, 0) is 30.3 Å². The maximum absolute atomic E-state index is 12.7. The molecule has 0 unspecified atom stereocenters. The van der Waals surface area contributed by atoms with Crippen LogP contribution < -0.4 is 23.7 Å².